The number of esters is 1. The van der Waals surface area contributed by atoms with Crippen molar-refractivity contribution in [3.8, 4) is 0 Å². The van der Waals surface area contributed by atoms with Crippen molar-refractivity contribution in [2.45, 2.75) is 20.3 Å². The number of rotatable bonds is 5. The van der Waals surface area contributed by atoms with Crippen molar-refractivity contribution in [3.05, 3.63) is 40.8 Å². The molecule has 7 heteroatoms. The van der Waals surface area contributed by atoms with Crippen LogP contribution in [0.5, 0.6) is 0 Å². The lowest BCUT2D eigenvalue weighted by molar-refractivity contribution is -0.141. The number of fused-ring (bicyclic) bond motifs is 1. The van der Waals surface area contributed by atoms with Crippen LogP contribution in [0.25, 0.3) is 5.65 Å². The highest BCUT2D eigenvalue weighted by Crippen LogP contribution is 2.03. The van der Waals surface area contributed by atoms with E-state index in [1.165, 1.54) is 10.5 Å². The number of anilines is 1. The van der Waals surface area contributed by atoms with Crippen LogP contribution in [0.4, 0.5) is 5.82 Å². The average molecular weight is 288 g/mol. The fourth-order valence-electron chi connectivity index (χ4n) is 1.72. The van der Waals surface area contributed by atoms with Crippen LogP contribution < -0.4 is 11.0 Å². The molecule has 0 amide bonds. The molecular weight excluding hydrogens is 272 g/mol. The Morgan fingerprint density at radius 3 is 3.05 bits per heavy atom. The van der Waals surface area contributed by atoms with Crippen molar-refractivity contribution in [1.29, 1.82) is 0 Å². The molecule has 2 heterocycles. The SMILES string of the molecule is CCOC(=O)C/C(C)=N/Nc1cc(=O)n2ccccc2n1. The summed E-state index contributed by atoms with van der Waals surface area (Å²) in [5, 5.41) is 4.02. The highest BCUT2D eigenvalue weighted by Gasteiger charge is 2.05. The number of nitrogens with zero attached hydrogens (tertiary/aromatic N) is 3. The molecule has 0 saturated heterocycles. The molecule has 0 aromatic carbocycles. The molecule has 21 heavy (non-hydrogen) atoms. The van der Waals surface area contributed by atoms with Gasteiger partial charge in [-0.05, 0) is 26.0 Å². The van der Waals surface area contributed by atoms with E-state index < -0.39 is 0 Å². The maximum atomic E-state index is 11.9. The first kappa shape index (κ1) is 14.7. The van der Waals surface area contributed by atoms with Crippen LogP contribution in [0.15, 0.2) is 40.4 Å². The number of hydrazone groups is 1. The van der Waals surface area contributed by atoms with Crippen LogP contribution in [-0.4, -0.2) is 27.7 Å². The minimum atomic E-state index is -0.341. The Morgan fingerprint density at radius 2 is 2.29 bits per heavy atom. The van der Waals surface area contributed by atoms with Crippen molar-refractivity contribution in [2.75, 3.05) is 12.0 Å². The molecular formula is C14H16N4O3. The number of ether oxygens (including phenoxy) is 1. The van der Waals surface area contributed by atoms with Gasteiger partial charge in [0, 0.05) is 18.0 Å². The van der Waals surface area contributed by atoms with Gasteiger partial charge < -0.3 is 4.74 Å². The molecule has 110 valence electrons. The summed E-state index contributed by atoms with van der Waals surface area (Å²) in [6.45, 7) is 3.77. The fraction of sp³-hybridized carbons (Fsp3) is 0.286. The molecule has 0 fully saturated rings. The predicted octanol–water partition coefficient (Wildman–Crippen LogP) is 1.44. The van der Waals surface area contributed by atoms with E-state index >= 15 is 0 Å². The minimum Gasteiger partial charge on any atom is -0.466 e. The smallest absolute Gasteiger partial charge is 0.311 e. The van der Waals surface area contributed by atoms with Gasteiger partial charge in [0.25, 0.3) is 5.56 Å². The molecule has 0 aliphatic carbocycles. The number of nitrogens with one attached hydrogen (secondary N) is 1. The molecule has 0 aliphatic rings. The molecule has 0 bridgehead atoms. The summed E-state index contributed by atoms with van der Waals surface area (Å²) < 4.78 is 6.26. The lowest BCUT2D eigenvalue weighted by Gasteiger charge is -2.04. The predicted molar refractivity (Wildman–Crippen MR) is 79.4 cm³/mol. The quantitative estimate of drug-likeness (QED) is 0.511. The average Bonchev–Trinajstić information content (AvgIpc) is 2.45. The van der Waals surface area contributed by atoms with Gasteiger partial charge in [-0.3, -0.25) is 19.4 Å². The number of carbonyl (C=O) groups is 1. The van der Waals surface area contributed by atoms with Crippen LogP contribution >= 0.6 is 0 Å². The van der Waals surface area contributed by atoms with E-state index in [9.17, 15) is 9.59 Å². The second-order valence-electron chi connectivity index (χ2n) is 4.35. The molecule has 7 nitrogen and oxygen atoms in total. The van der Waals surface area contributed by atoms with Crippen LogP contribution in [-0.2, 0) is 9.53 Å². The van der Waals surface area contributed by atoms with Crippen molar-refractivity contribution >= 4 is 23.1 Å². The Balaban J connectivity index is 2.13. The van der Waals surface area contributed by atoms with Gasteiger partial charge in [-0.2, -0.15) is 5.10 Å². The summed E-state index contributed by atoms with van der Waals surface area (Å²) in [7, 11) is 0. The topological polar surface area (TPSA) is 85.1 Å². The number of hydrogen-bond donors (Lipinski definition) is 1. The molecule has 1 N–H and O–H groups in total. The third kappa shape index (κ3) is 3.88. The van der Waals surface area contributed by atoms with Crippen LogP contribution in [0.3, 0.4) is 0 Å². The highest BCUT2D eigenvalue weighted by molar-refractivity contribution is 5.97. The standard InChI is InChI=1S/C14H16N4O3/c1-3-21-14(20)8-10(2)16-17-11-9-13(19)18-7-5-4-6-12(18)15-11/h4-7,9,17H,3,8H2,1-2H3/b16-10+. The van der Waals surface area contributed by atoms with Gasteiger partial charge in [0.15, 0.2) is 5.82 Å². The first-order valence-electron chi connectivity index (χ1n) is 6.53. The third-order valence-corrected chi connectivity index (χ3v) is 2.64. The maximum Gasteiger partial charge on any atom is 0.311 e. The second kappa shape index (κ2) is 6.65. The normalized spacial score (nSPS) is 11.4. The summed E-state index contributed by atoms with van der Waals surface area (Å²) in [5.74, 6) is -0.0125. The zero-order chi connectivity index (χ0) is 15.2. The summed E-state index contributed by atoms with van der Waals surface area (Å²) in [5.41, 5.74) is 3.54. The largest absolute Gasteiger partial charge is 0.466 e. The van der Waals surface area contributed by atoms with Gasteiger partial charge in [-0.25, -0.2) is 4.98 Å². The van der Waals surface area contributed by atoms with Crippen LogP contribution in [0.1, 0.15) is 20.3 Å². The summed E-state index contributed by atoms with van der Waals surface area (Å²) in [6.07, 6.45) is 1.73. The van der Waals surface area contributed by atoms with Gasteiger partial charge in [-0.1, -0.05) is 6.07 Å². The van der Waals surface area contributed by atoms with Crippen molar-refractivity contribution in [1.82, 2.24) is 9.38 Å². The third-order valence-electron chi connectivity index (χ3n) is 2.64. The van der Waals surface area contributed by atoms with E-state index in [0.717, 1.165) is 0 Å². The Hall–Kier alpha value is -2.70. The number of carbonyl (C=O) groups excluding carboxylic acids is 1. The van der Waals surface area contributed by atoms with Gasteiger partial charge in [0.2, 0.25) is 0 Å². The summed E-state index contributed by atoms with van der Waals surface area (Å²) in [4.78, 5) is 27.4. The number of hydrogen-bond acceptors (Lipinski definition) is 6. The molecule has 2 aromatic heterocycles. The van der Waals surface area contributed by atoms with Crippen LogP contribution in [0, 0.1) is 0 Å². The highest BCUT2D eigenvalue weighted by atomic mass is 16.5. The van der Waals surface area contributed by atoms with E-state index in [4.69, 9.17) is 4.74 Å². The van der Waals surface area contributed by atoms with E-state index in [2.05, 4.69) is 15.5 Å². The first-order chi connectivity index (χ1) is 10.1. The van der Waals surface area contributed by atoms with Crippen molar-refractivity contribution < 1.29 is 9.53 Å². The minimum absolute atomic E-state index is 0.0907. The zero-order valence-corrected chi connectivity index (χ0v) is 11.9. The lowest BCUT2D eigenvalue weighted by Crippen LogP contribution is -2.15. The number of pyridine rings is 1. The molecule has 0 spiro atoms. The van der Waals surface area contributed by atoms with Gasteiger partial charge >= 0.3 is 5.97 Å². The van der Waals surface area contributed by atoms with Gasteiger partial charge in [0.05, 0.1) is 13.0 Å². The van der Waals surface area contributed by atoms with E-state index in [-0.39, 0.29) is 17.9 Å². The van der Waals surface area contributed by atoms with Crippen LogP contribution in [0.2, 0.25) is 0 Å². The molecule has 2 rings (SSSR count). The van der Waals surface area contributed by atoms with Gasteiger partial charge in [0.1, 0.15) is 5.65 Å². The first-order valence-corrected chi connectivity index (χ1v) is 6.53. The van der Waals surface area contributed by atoms with Crippen molar-refractivity contribution in [2.24, 2.45) is 5.10 Å². The second-order valence-corrected chi connectivity index (χ2v) is 4.35. The Kier molecular flexibility index (Phi) is 4.65. The molecule has 0 atom stereocenters. The summed E-state index contributed by atoms with van der Waals surface area (Å²) >= 11 is 0. The molecule has 2 aromatic rings. The zero-order valence-electron chi connectivity index (χ0n) is 11.9. The molecule has 0 radical (unpaired) electrons. The van der Waals surface area contributed by atoms with E-state index in [1.807, 2.05) is 0 Å². The van der Waals surface area contributed by atoms with Gasteiger partial charge in [-0.15, -0.1) is 0 Å². The summed E-state index contributed by atoms with van der Waals surface area (Å²) in [6, 6.07) is 6.61. The van der Waals surface area contributed by atoms with E-state index in [1.54, 1.807) is 38.2 Å². The molecule has 0 aliphatic heterocycles. The lowest BCUT2D eigenvalue weighted by atomic mass is 10.3. The fourth-order valence-corrected chi connectivity index (χ4v) is 1.72. The molecule has 0 unspecified atom stereocenters. The molecule has 0 saturated carbocycles. The Bertz CT molecular complexity index is 736. The van der Waals surface area contributed by atoms with E-state index in [0.29, 0.717) is 23.8 Å². The Labute approximate surface area is 121 Å². The maximum absolute atomic E-state index is 11.9. The Morgan fingerprint density at radius 1 is 1.48 bits per heavy atom. The number of aromatic nitrogens is 2. The monoisotopic (exact) mass is 288 g/mol. The van der Waals surface area contributed by atoms with Crippen molar-refractivity contribution in [3.63, 3.8) is 0 Å².